The number of hydrogen-bond acceptors (Lipinski definition) is 1. The Morgan fingerprint density at radius 1 is 1.21 bits per heavy atom. The van der Waals surface area contributed by atoms with E-state index in [1.165, 1.54) is 39.8 Å². The Bertz CT molecular complexity index is 426. The Hall–Kier alpha value is -0.820. The van der Waals surface area contributed by atoms with E-state index in [1.54, 1.807) is 0 Å². The van der Waals surface area contributed by atoms with E-state index < -0.39 is 0 Å². The molecule has 1 aromatic carbocycles. The first-order valence-corrected chi connectivity index (χ1v) is 6.10. The highest BCUT2D eigenvalue weighted by Gasteiger charge is 2.00. The van der Waals surface area contributed by atoms with Crippen molar-refractivity contribution in [2.75, 3.05) is 0 Å². The Balaban J connectivity index is 2.32. The summed E-state index contributed by atoms with van der Waals surface area (Å²) in [5, 5.41) is 1.41. The third-order valence-corrected chi connectivity index (χ3v) is 3.66. The first kappa shape index (κ1) is 9.72. The molecule has 2 rings (SSSR count). The summed E-state index contributed by atoms with van der Waals surface area (Å²) in [4.78, 5) is 1.53. The lowest BCUT2D eigenvalue weighted by molar-refractivity contribution is 0.804. The standard InChI is InChI=1S/C13H16S/c1-3-4-5-12-9-11-7-6-10(2)8-13(11)14-12/h6-9H,3-5H2,1-2H3. The molecule has 0 aliphatic carbocycles. The fourth-order valence-corrected chi connectivity index (χ4v) is 2.87. The highest BCUT2D eigenvalue weighted by Crippen LogP contribution is 2.27. The number of hydrogen-bond donors (Lipinski definition) is 0. The van der Waals surface area contributed by atoms with Gasteiger partial charge in [-0.25, -0.2) is 0 Å². The van der Waals surface area contributed by atoms with Crippen LogP contribution in [0.1, 0.15) is 30.2 Å². The molecule has 1 heterocycles. The van der Waals surface area contributed by atoms with Crippen molar-refractivity contribution < 1.29 is 0 Å². The molecule has 0 radical (unpaired) electrons. The minimum atomic E-state index is 1.24. The molecular weight excluding hydrogens is 188 g/mol. The summed E-state index contributed by atoms with van der Waals surface area (Å²) in [7, 11) is 0. The summed E-state index contributed by atoms with van der Waals surface area (Å²) < 4.78 is 1.44. The van der Waals surface area contributed by atoms with Crippen LogP contribution in [-0.4, -0.2) is 0 Å². The minimum absolute atomic E-state index is 1.24. The van der Waals surface area contributed by atoms with E-state index in [4.69, 9.17) is 0 Å². The molecule has 0 atom stereocenters. The van der Waals surface area contributed by atoms with Gasteiger partial charge >= 0.3 is 0 Å². The number of benzene rings is 1. The summed E-state index contributed by atoms with van der Waals surface area (Å²) >= 11 is 1.95. The van der Waals surface area contributed by atoms with Crippen molar-refractivity contribution in [3.63, 3.8) is 0 Å². The molecule has 0 spiro atoms. The topological polar surface area (TPSA) is 0 Å². The number of rotatable bonds is 3. The third kappa shape index (κ3) is 1.98. The Morgan fingerprint density at radius 3 is 2.86 bits per heavy atom. The predicted molar refractivity (Wildman–Crippen MR) is 65.2 cm³/mol. The Kier molecular flexibility index (Phi) is 2.87. The molecular formula is C13H16S. The van der Waals surface area contributed by atoms with Gasteiger partial charge in [0.15, 0.2) is 0 Å². The van der Waals surface area contributed by atoms with Gasteiger partial charge in [-0.05, 0) is 42.8 Å². The molecule has 14 heavy (non-hydrogen) atoms. The zero-order chi connectivity index (χ0) is 9.97. The molecule has 2 aromatic rings. The summed E-state index contributed by atoms with van der Waals surface area (Å²) in [5.74, 6) is 0. The van der Waals surface area contributed by atoms with E-state index >= 15 is 0 Å². The van der Waals surface area contributed by atoms with Gasteiger partial charge in [0.2, 0.25) is 0 Å². The van der Waals surface area contributed by atoms with E-state index in [0.29, 0.717) is 0 Å². The smallest absolute Gasteiger partial charge is 0.0348 e. The number of unbranched alkanes of at least 4 members (excludes halogenated alkanes) is 1. The lowest BCUT2D eigenvalue weighted by atomic mass is 10.1. The van der Waals surface area contributed by atoms with Crippen molar-refractivity contribution in [2.24, 2.45) is 0 Å². The molecule has 0 aliphatic heterocycles. The first-order chi connectivity index (χ1) is 6.79. The van der Waals surface area contributed by atoms with Crippen LogP contribution in [0.4, 0.5) is 0 Å². The second kappa shape index (κ2) is 4.14. The molecule has 0 amide bonds. The maximum atomic E-state index is 2.34. The van der Waals surface area contributed by atoms with Gasteiger partial charge in [0.1, 0.15) is 0 Å². The van der Waals surface area contributed by atoms with Crippen LogP contribution in [0.2, 0.25) is 0 Å². The third-order valence-electron chi connectivity index (χ3n) is 2.50. The zero-order valence-corrected chi connectivity index (χ0v) is 9.66. The lowest BCUT2D eigenvalue weighted by Crippen LogP contribution is -1.76. The number of aryl methyl sites for hydroxylation is 2. The van der Waals surface area contributed by atoms with E-state index in [0.717, 1.165) is 0 Å². The number of thiophene rings is 1. The van der Waals surface area contributed by atoms with Crippen LogP contribution in [0, 0.1) is 6.92 Å². The van der Waals surface area contributed by atoms with Crippen LogP contribution in [-0.2, 0) is 6.42 Å². The summed E-state index contributed by atoms with van der Waals surface area (Å²) in [6.45, 7) is 4.41. The van der Waals surface area contributed by atoms with Gasteiger partial charge in [-0.3, -0.25) is 0 Å². The van der Waals surface area contributed by atoms with Gasteiger partial charge in [0.05, 0.1) is 0 Å². The molecule has 0 unspecified atom stereocenters. The monoisotopic (exact) mass is 204 g/mol. The van der Waals surface area contributed by atoms with Crippen molar-refractivity contribution in [1.29, 1.82) is 0 Å². The fraction of sp³-hybridized carbons (Fsp3) is 0.385. The normalized spacial score (nSPS) is 11.0. The molecule has 0 saturated carbocycles. The van der Waals surface area contributed by atoms with Gasteiger partial charge in [0, 0.05) is 9.58 Å². The second-order valence-corrected chi connectivity index (χ2v) is 5.03. The molecule has 0 nitrogen and oxygen atoms in total. The molecule has 74 valence electrons. The second-order valence-electron chi connectivity index (χ2n) is 3.86. The van der Waals surface area contributed by atoms with Gasteiger partial charge < -0.3 is 0 Å². The van der Waals surface area contributed by atoms with Crippen molar-refractivity contribution >= 4 is 21.4 Å². The fourth-order valence-electron chi connectivity index (χ4n) is 1.67. The molecule has 0 fully saturated rings. The van der Waals surface area contributed by atoms with E-state index in [1.807, 2.05) is 11.3 Å². The van der Waals surface area contributed by atoms with Crippen molar-refractivity contribution in [3.8, 4) is 0 Å². The van der Waals surface area contributed by atoms with Crippen LogP contribution in [0.3, 0.4) is 0 Å². The first-order valence-electron chi connectivity index (χ1n) is 5.28. The van der Waals surface area contributed by atoms with Gasteiger partial charge in [-0.1, -0.05) is 25.5 Å². The van der Waals surface area contributed by atoms with Crippen LogP contribution < -0.4 is 0 Å². The van der Waals surface area contributed by atoms with Gasteiger partial charge in [0.25, 0.3) is 0 Å². The zero-order valence-electron chi connectivity index (χ0n) is 8.84. The van der Waals surface area contributed by atoms with Crippen molar-refractivity contribution in [1.82, 2.24) is 0 Å². The van der Waals surface area contributed by atoms with Crippen LogP contribution in [0.15, 0.2) is 24.3 Å². The summed E-state index contributed by atoms with van der Waals surface area (Å²) in [6.07, 6.45) is 3.84. The van der Waals surface area contributed by atoms with Crippen molar-refractivity contribution in [2.45, 2.75) is 33.1 Å². The molecule has 0 N–H and O–H groups in total. The van der Waals surface area contributed by atoms with E-state index in [-0.39, 0.29) is 0 Å². The molecule has 0 aliphatic rings. The van der Waals surface area contributed by atoms with E-state index in [2.05, 4.69) is 38.1 Å². The van der Waals surface area contributed by atoms with Crippen LogP contribution in [0.5, 0.6) is 0 Å². The summed E-state index contributed by atoms with van der Waals surface area (Å²) in [5.41, 5.74) is 1.36. The van der Waals surface area contributed by atoms with E-state index in [9.17, 15) is 0 Å². The van der Waals surface area contributed by atoms with Gasteiger partial charge in [-0.2, -0.15) is 0 Å². The largest absolute Gasteiger partial charge is 0.140 e. The molecule has 1 heteroatoms. The van der Waals surface area contributed by atoms with Gasteiger partial charge in [-0.15, -0.1) is 11.3 Å². The quantitative estimate of drug-likeness (QED) is 0.688. The maximum absolute atomic E-state index is 2.34. The highest BCUT2D eigenvalue weighted by atomic mass is 32.1. The average Bonchev–Trinajstić information content (AvgIpc) is 2.56. The summed E-state index contributed by atoms with van der Waals surface area (Å²) in [6, 6.07) is 9.06. The highest BCUT2D eigenvalue weighted by molar-refractivity contribution is 7.19. The maximum Gasteiger partial charge on any atom is 0.0348 e. The number of fused-ring (bicyclic) bond motifs is 1. The molecule has 0 saturated heterocycles. The average molecular weight is 204 g/mol. The Labute approximate surface area is 89.6 Å². The van der Waals surface area contributed by atoms with Crippen LogP contribution in [0.25, 0.3) is 10.1 Å². The van der Waals surface area contributed by atoms with Crippen LogP contribution >= 0.6 is 11.3 Å². The predicted octanol–water partition coefficient (Wildman–Crippen LogP) is 4.55. The SMILES string of the molecule is CCCCc1cc2ccc(C)cc2s1. The van der Waals surface area contributed by atoms with Crippen molar-refractivity contribution in [3.05, 3.63) is 34.7 Å². The Morgan fingerprint density at radius 2 is 2.07 bits per heavy atom. The molecule has 0 bridgehead atoms. The minimum Gasteiger partial charge on any atom is -0.140 e. The lowest BCUT2D eigenvalue weighted by Gasteiger charge is -1.91. The molecule has 1 aromatic heterocycles.